The van der Waals surface area contributed by atoms with Crippen LogP contribution in [0.2, 0.25) is 0 Å². The van der Waals surface area contributed by atoms with Gasteiger partial charge in [-0.1, -0.05) is 18.2 Å². The van der Waals surface area contributed by atoms with Crippen molar-refractivity contribution in [2.45, 2.75) is 6.42 Å². The minimum atomic E-state index is -0.236. The molecule has 106 valence electrons. The second kappa shape index (κ2) is 5.66. The third-order valence-corrected chi connectivity index (χ3v) is 3.39. The molecule has 21 heavy (non-hydrogen) atoms. The number of carbonyl (C=O) groups is 1. The summed E-state index contributed by atoms with van der Waals surface area (Å²) in [7, 11) is 0. The molecule has 0 fully saturated rings. The predicted octanol–water partition coefficient (Wildman–Crippen LogP) is 1.77. The first kappa shape index (κ1) is 13.2. The summed E-state index contributed by atoms with van der Waals surface area (Å²) in [5.74, 6) is -0.236. The lowest BCUT2D eigenvalue weighted by Gasteiger charge is -2.04. The maximum absolute atomic E-state index is 11.9. The normalized spacial score (nSPS) is 10.7. The van der Waals surface area contributed by atoms with Crippen LogP contribution >= 0.6 is 0 Å². The maximum Gasteiger partial charge on any atom is 0.257 e. The van der Waals surface area contributed by atoms with E-state index in [4.69, 9.17) is 0 Å². The van der Waals surface area contributed by atoms with E-state index in [1.54, 1.807) is 12.1 Å². The molecule has 0 saturated heterocycles. The van der Waals surface area contributed by atoms with Crippen LogP contribution in [0, 0.1) is 5.21 Å². The summed E-state index contributed by atoms with van der Waals surface area (Å²) in [4.78, 5) is 15.1. The summed E-state index contributed by atoms with van der Waals surface area (Å²) >= 11 is 0. The molecule has 0 saturated carbocycles. The molecule has 0 bridgehead atoms. The van der Waals surface area contributed by atoms with Crippen molar-refractivity contribution in [3.63, 3.8) is 0 Å². The van der Waals surface area contributed by atoms with Crippen molar-refractivity contribution in [1.29, 1.82) is 0 Å². The summed E-state index contributed by atoms with van der Waals surface area (Å²) < 4.78 is 0.620. The van der Waals surface area contributed by atoms with Crippen LogP contribution < -0.4 is 10.0 Å². The number of rotatable bonds is 4. The average molecular weight is 281 g/mol. The highest BCUT2D eigenvalue weighted by Gasteiger charge is 2.08. The quantitative estimate of drug-likeness (QED) is 0.565. The first-order valence-electron chi connectivity index (χ1n) is 6.76. The molecule has 0 radical (unpaired) electrons. The van der Waals surface area contributed by atoms with E-state index >= 15 is 0 Å². The van der Waals surface area contributed by atoms with E-state index in [0.717, 1.165) is 17.5 Å². The van der Waals surface area contributed by atoms with E-state index < -0.39 is 0 Å². The lowest BCUT2D eigenvalue weighted by molar-refractivity contribution is -0.605. The number of pyridine rings is 1. The Labute approximate surface area is 121 Å². The standard InChI is InChI=1S/C16H15N3O2/c20-16(13-4-3-9-19(21)11-13)17-8-7-12-10-18-15-6-2-1-5-14(12)15/h1-6,9-11,18H,7-8H2,(H,17,20). The molecule has 0 aliphatic heterocycles. The molecule has 0 atom stereocenters. The van der Waals surface area contributed by atoms with E-state index in [2.05, 4.69) is 16.4 Å². The van der Waals surface area contributed by atoms with Crippen LogP contribution in [0.1, 0.15) is 15.9 Å². The Balaban J connectivity index is 1.62. The number of carbonyl (C=O) groups excluding carboxylic acids is 1. The van der Waals surface area contributed by atoms with E-state index in [9.17, 15) is 10.0 Å². The molecule has 2 N–H and O–H groups in total. The molecule has 0 unspecified atom stereocenters. The Morgan fingerprint density at radius 3 is 2.95 bits per heavy atom. The topological polar surface area (TPSA) is 71.8 Å². The first-order valence-corrected chi connectivity index (χ1v) is 6.76. The number of aromatic amines is 1. The number of nitrogens with one attached hydrogen (secondary N) is 2. The molecular formula is C16H15N3O2. The highest BCUT2D eigenvalue weighted by atomic mass is 16.5. The van der Waals surface area contributed by atoms with Crippen molar-refractivity contribution >= 4 is 16.8 Å². The molecule has 0 spiro atoms. The molecule has 5 heteroatoms. The lowest BCUT2D eigenvalue weighted by Crippen LogP contribution is -2.30. The fraction of sp³-hybridized carbons (Fsp3) is 0.125. The smallest absolute Gasteiger partial charge is 0.257 e. The van der Waals surface area contributed by atoms with E-state index in [0.29, 0.717) is 16.8 Å². The minimum Gasteiger partial charge on any atom is -0.619 e. The van der Waals surface area contributed by atoms with Gasteiger partial charge < -0.3 is 15.5 Å². The van der Waals surface area contributed by atoms with Crippen LogP contribution in [0.25, 0.3) is 10.9 Å². The molecule has 1 aromatic carbocycles. The van der Waals surface area contributed by atoms with Crippen molar-refractivity contribution in [2.75, 3.05) is 6.54 Å². The first-order chi connectivity index (χ1) is 10.2. The van der Waals surface area contributed by atoms with Gasteiger partial charge in [0.1, 0.15) is 5.56 Å². The largest absolute Gasteiger partial charge is 0.619 e. The number of benzene rings is 1. The Kier molecular flexibility index (Phi) is 3.55. The van der Waals surface area contributed by atoms with Gasteiger partial charge in [0.15, 0.2) is 12.4 Å². The molecule has 3 rings (SSSR count). The second-order valence-electron chi connectivity index (χ2n) is 4.82. The lowest BCUT2D eigenvalue weighted by atomic mass is 10.1. The fourth-order valence-corrected chi connectivity index (χ4v) is 2.34. The highest BCUT2D eigenvalue weighted by molar-refractivity contribution is 5.93. The van der Waals surface area contributed by atoms with Crippen molar-refractivity contribution in [1.82, 2.24) is 10.3 Å². The van der Waals surface area contributed by atoms with Crippen LogP contribution in [-0.4, -0.2) is 17.4 Å². The SMILES string of the molecule is O=C(NCCc1c[nH]c2ccccc12)c1ccc[n+]([O-])c1. The summed E-state index contributed by atoms with van der Waals surface area (Å²) in [6, 6.07) is 11.2. The van der Waals surface area contributed by atoms with Gasteiger partial charge in [0.2, 0.25) is 0 Å². The molecule has 0 aliphatic rings. The second-order valence-corrected chi connectivity index (χ2v) is 4.82. The number of aromatic nitrogens is 2. The molecular weight excluding hydrogens is 266 g/mol. The van der Waals surface area contributed by atoms with Crippen LogP contribution in [0.4, 0.5) is 0 Å². The zero-order valence-electron chi connectivity index (χ0n) is 11.4. The van der Waals surface area contributed by atoms with Crippen LogP contribution in [0.5, 0.6) is 0 Å². The number of fused-ring (bicyclic) bond motifs is 1. The number of hydrogen-bond acceptors (Lipinski definition) is 2. The number of para-hydroxylation sites is 1. The van der Waals surface area contributed by atoms with Gasteiger partial charge in [-0.2, -0.15) is 4.73 Å². The monoisotopic (exact) mass is 281 g/mol. The third-order valence-electron chi connectivity index (χ3n) is 3.39. The number of H-pyrrole nitrogens is 1. The van der Waals surface area contributed by atoms with E-state index in [1.807, 2.05) is 24.4 Å². The van der Waals surface area contributed by atoms with Crippen molar-refractivity contribution < 1.29 is 9.52 Å². The van der Waals surface area contributed by atoms with Gasteiger partial charge in [-0.15, -0.1) is 0 Å². The number of hydrogen-bond donors (Lipinski definition) is 2. The van der Waals surface area contributed by atoms with Gasteiger partial charge in [0.05, 0.1) is 0 Å². The van der Waals surface area contributed by atoms with Crippen LogP contribution in [0.3, 0.4) is 0 Å². The third kappa shape index (κ3) is 2.86. The summed E-state index contributed by atoms with van der Waals surface area (Å²) in [5.41, 5.74) is 2.62. The van der Waals surface area contributed by atoms with Crippen LogP contribution in [0.15, 0.2) is 55.0 Å². The van der Waals surface area contributed by atoms with Gasteiger partial charge in [0.25, 0.3) is 5.91 Å². The Morgan fingerprint density at radius 2 is 2.10 bits per heavy atom. The molecule has 0 aliphatic carbocycles. The van der Waals surface area contributed by atoms with Gasteiger partial charge >= 0.3 is 0 Å². The van der Waals surface area contributed by atoms with Gasteiger partial charge in [-0.3, -0.25) is 4.79 Å². The summed E-state index contributed by atoms with van der Waals surface area (Å²) in [6.07, 6.45) is 5.31. The molecule has 5 nitrogen and oxygen atoms in total. The Bertz CT molecular complexity index is 780. The maximum atomic E-state index is 11.9. The molecule has 2 aromatic heterocycles. The minimum absolute atomic E-state index is 0.236. The summed E-state index contributed by atoms with van der Waals surface area (Å²) in [5, 5.41) is 15.1. The molecule has 3 aromatic rings. The summed E-state index contributed by atoms with van der Waals surface area (Å²) in [6.45, 7) is 0.522. The average Bonchev–Trinajstić information content (AvgIpc) is 2.91. The van der Waals surface area contributed by atoms with Crippen molar-refractivity contribution in [2.24, 2.45) is 0 Å². The van der Waals surface area contributed by atoms with Crippen LogP contribution in [-0.2, 0) is 6.42 Å². The van der Waals surface area contributed by atoms with Gasteiger partial charge in [-0.05, 0) is 24.1 Å². The number of amides is 1. The fourth-order valence-electron chi connectivity index (χ4n) is 2.34. The van der Waals surface area contributed by atoms with E-state index in [-0.39, 0.29) is 5.91 Å². The van der Waals surface area contributed by atoms with E-state index in [1.165, 1.54) is 17.8 Å². The molecule has 1 amide bonds. The zero-order valence-corrected chi connectivity index (χ0v) is 11.4. The van der Waals surface area contributed by atoms with Crippen molar-refractivity contribution in [3.05, 3.63) is 71.3 Å². The Morgan fingerprint density at radius 1 is 1.24 bits per heavy atom. The van der Waals surface area contributed by atoms with Gasteiger partial charge in [-0.25, -0.2) is 0 Å². The molecule has 2 heterocycles. The predicted molar refractivity (Wildman–Crippen MR) is 79.7 cm³/mol. The van der Waals surface area contributed by atoms with Gasteiger partial charge in [0, 0.05) is 29.7 Å². The Hall–Kier alpha value is -2.82. The number of nitrogens with zero attached hydrogens (tertiary/aromatic N) is 1. The zero-order chi connectivity index (χ0) is 14.7. The van der Waals surface area contributed by atoms with Crippen molar-refractivity contribution in [3.8, 4) is 0 Å². The highest BCUT2D eigenvalue weighted by Crippen LogP contribution is 2.17.